The molecule has 67 valence electrons. The lowest BCUT2D eigenvalue weighted by atomic mass is 10.2. The van der Waals surface area contributed by atoms with Gasteiger partial charge in [-0.25, -0.2) is 17.6 Å². The molecular formula is C8HF4S. The third-order valence-electron chi connectivity index (χ3n) is 1.64. The first-order valence-corrected chi connectivity index (χ1v) is 4.11. The molecule has 2 aromatic rings. The van der Waals surface area contributed by atoms with E-state index in [0.717, 1.165) is 11.3 Å². The van der Waals surface area contributed by atoms with E-state index in [-0.39, 0.29) is 10.8 Å². The Morgan fingerprint density at radius 1 is 0.923 bits per heavy atom. The second-order valence-corrected chi connectivity index (χ2v) is 3.06. The Bertz CT molecular complexity index is 432. The highest BCUT2D eigenvalue weighted by molar-refractivity contribution is 7.08. The van der Waals surface area contributed by atoms with Crippen molar-refractivity contribution in [3.05, 3.63) is 34.0 Å². The lowest BCUT2D eigenvalue weighted by molar-refractivity contribution is 0.418. The highest BCUT2D eigenvalue weighted by Gasteiger charge is 2.20. The van der Waals surface area contributed by atoms with E-state index >= 15 is 0 Å². The van der Waals surface area contributed by atoms with Crippen LogP contribution in [0.3, 0.4) is 0 Å². The number of halogens is 4. The molecule has 0 fully saturated rings. The van der Waals surface area contributed by atoms with E-state index in [1.54, 1.807) is 0 Å². The SMILES string of the molecule is Fc1c(F)c(F)c2cs[c]c2c1F. The van der Waals surface area contributed by atoms with Crippen LogP contribution in [-0.2, 0) is 0 Å². The fraction of sp³-hybridized carbons (Fsp3) is 0. The van der Waals surface area contributed by atoms with Crippen LogP contribution < -0.4 is 0 Å². The Balaban J connectivity index is 3.02. The molecule has 0 saturated heterocycles. The Morgan fingerprint density at radius 2 is 1.54 bits per heavy atom. The van der Waals surface area contributed by atoms with Crippen LogP contribution in [0.4, 0.5) is 17.6 Å². The van der Waals surface area contributed by atoms with Crippen LogP contribution in [0, 0.1) is 28.6 Å². The third-order valence-corrected chi connectivity index (χ3v) is 2.32. The summed E-state index contributed by atoms with van der Waals surface area (Å²) in [5, 5.41) is 2.87. The van der Waals surface area contributed by atoms with Crippen LogP contribution in [0.2, 0.25) is 0 Å². The van der Waals surface area contributed by atoms with Crippen molar-refractivity contribution in [2.75, 3.05) is 0 Å². The molecule has 1 heterocycles. The largest absolute Gasteiger partial charge is 0.203 e. The van der Waals surface area contributed by atoms with Gasteiger partial charge in [0.25, 0.3) is 0 Å². The van der Waals surface area contributed by atoms with Crippen molar-refractivity contribution in [2.24, 2.45) is 0 Å². The monoisotopic (exact) mass is 205 g/mol. The van der Waals surface area contributed by atoms with Crippen LogP contribution in [0.25, 0.3) is 10.8 Å². The molecule has 2 rings (SSSR count). The number of fused-ring (bicyclic) bond motifs is 1. The van der Waals surface area contributed by atoms with Gasteiger partial charge in [-0.2, -0.15) is 0 Å². The molecule has 0 unspecified atom stereocenters. The van der Waals surface area contributed by atoms with Crippen LogP contribution in [0.15, 0.2) is 5.38 Å². The zero-order chi connectivity index (χ0) is 9.59. The maximum absolute atomic E-state index is 12.9. The van der Waals surface area contributed by atoms with Gasteiger partial charge in [0.1, 0.15) is 0 Å². The van der Waals surface area contributed by atoms with Gasteiger partial charge in [0.05, 0.1) is 5.38 Å². The minimum Gasteiger partial charge on any atom is -0.203 e. The summed E-state index contributed by atoms with van der Waals surface area (Å²) >= 11 is 0.860. The number of thiophene rings is 1. The van der Waals surface area contributed by atoms with E-state index < -0.39 is 23.3 Å². The maximum Gasteiger partial charge on any atom is 0.198 e. The predicted molar refractivity (Wildman–Crippen MR) is 40.5 cm³/mol. The summed E-state index contributed by atoms with van der Waals surface area (Å²) in [7, 11) is 0. The molecule has 0 N–H and O–H groups in total. The van der Waals surface area contributed by atoms with E-state index in [1.165, 1.54) is 5.38 Å². The van der Waals surface area contributed by atoms with Gasteiger partial charge in [0.15, 0.2) is 23.3 Å². The zero-order valence-electron chi connectivity index (χ0n) is 6.00. The van der Waals surface area contributed by atoms with Crippen molar-refractivity contribution in [2.45, 2.75) is 0 Å². The first kappa shape index (κ1) is 8.50. The number of hydrogen-bond donors (Lipinski definition) is 0. The van der Waals surface area contributed by atoms with Gasteiger partial charge < -0.3 is 0 Å². The van der Waals surface area contributed by atoms with E-state index in [4.69, 9.17) is 0 Å². The summed E-state index contributed by atoms with van der Waals surface area (Å²) < 4.78 is 50.9. The molecule has 0 saturated carbocycles. The summed E-state index contributed by atoms with van der Waals surface area (Å²) in [6.07, 6.45) is 0. The van der Waals surface area contributed by atoms with E-state index in [1.807, 2.05) is 0 Å². The van der Waals surface area contributed by atoms with Crippen LogP contribution in [0.1, 0.15) is 0 Å². The van der Waals surface area contributed by atoms with Crippen molar-refractivity contribution in [1.29, 1.82) is 0 Å². The van der Waals surface area contributed by atoms with Crippen LogP contribution >= 0.6 is 11.3 Å². The summed E-state index contributed by atoms with van der Waals surface area (Å²) in [5.41, 5.74) is 0. The first-order chi connectivity index (χ1) is 6.13. The molecule has 5 heteroatoms. The molecule has 0 nitrogen and oxygen atoms in total. The summed E-state index contributed by atoms with van der Waals surface area (Å²) in [5.74, 6) is -6.34. The molecule has 0 aliphatic carbocycles. The number of benzene rings is 1. The molecule has 1 aromatic heterocycles. The van der Waals surface area contributed by atoms with Crippen molar-refractivity contribution in [1.82, 2.24) is 0 Å². The molecule has 0 bridgehead atoms. The Hall–Kier alpha value is -1.10. The summed E-state index contributed by atoms with van der Waals surface area (Å²) in [6.45, 7) is 0. The average molecular weight is 205 g/mol. The highest BCUT2D eigenvalue weighted by Crippen LogP contribution is 2.28. The van der Waals surface area contributed by atoms with Gasteiger partial charge in [-0.15, -0.1) is 11.3 Å². The Kier molecular flexibility index (Phi) is 1.76. The third kappa shape index (κ3) is 1.03. The van der Waals surface area contributed by atoms with Crippen molar-refractivity contribution >= 4 is 22.1 Å². The maximum atomic E-state index is 12.9. The van der Waals surface area contributed by atoms with E-state index in [9.17, 15) is 17.6 Å². The fourth-order valence-electron chi connectivity index (χ4n) is 1.01. The summed E-state index contributed by atoms with van der Waals surface area (Å²) in [6, 6.07) is 0. The molecular weight excluding hydrogens is 204 g/mol. The topological polar surface area (TPSA) is 0 Å². The van der Waals surface area contributed by atoms with Crippen molar-refractivity contribution in [3.8, 4) is 0 Å². The predicted octanol–water partition coefficient (Wildman–Crippen LogP) is 3.26. The Morgan fingerprint density at radius 3 is 2.23 bits per heavy atom. The Labute approximate surface area is 74.4 Å². The van der Waals surface area contributed by atoms with Gasteiger partial charge in [0, 0.05) is 16.2 Å². The smallest absolute Gasteiger partial charge is 0.198 e. The highest BCUT2D eigenvalue weighted by atomic mass is 32.1. The lowest BCUT2D eigenvalue weighted by Crippen LogP contribution is -1.95. The lowest BCUT2D eigenvalue weighted by Gasteiger charge is -1.98. The van der Waals surface area contributed by atoms with Crippen LogP contribution in [-0.4, -0.2) is 0 Å². The molecule has 0 aliphatic rings. The molecule has 13 heavy (non-hydrogen) atoms. The molecule has 1 radical (unpaired) electrons. The average Bonchev–Trinajstić information content (AvgIpc) is 2.59. The van der Waals surface area contributed by atoms with Gasteiger partial charge in [-0.3, -0.25) is 0 Å². The summed E-state index contributed by atoms with van der Waals surface area (Å²) in [4.78, 5) is 0. The second-order valence-electron chi connectivity index (χ2n) is 2.38. The standard InChI is InChI=1S/C8HF4S/c9-5-3-1-13-2-4(3)6(10)8(12)7(5)11/h1H. The van der Waals surface area contributed by atoms with Crippen LogP contribution in [0.5, 0.6) is 0 Å². The van der Waals surface area contributed by atoms with E-state index in [2.05, 4.69) is 5.38 Å². The second kappa shape index (κ2) is 2.70. The number of rotatable bonds is 0. The number of hydrogen-bond acceptors (Lipinski definition) is 1. The minimum atomic E-state index is -1.79. The van der Waals surface area contributed by atoms with Gasteiger partial charge in [-0.05, 0) is 0 Å². The van der Waals surface area contributed by atoms with Crippen molar-refractivity contribution < 1.29 is 17.6 Å². The van der Waals surface area contributed by atoms with Gasteiger partial charge >= 0.3 is 0 Å². The molecule has 0 atom stereocenters. The van der Waals surface area contributed by atoms with Crippen molar-refractivity contribution in [3.63, 3.8) is 0 Å². The fourth-order valence-corrected chi connectivity index (χ4v) is 1.72. The molecule has 0 amide bonds. The molecule has 0 spiro atoms. The molecule has 0 aliphatic heterocycles. The quantitative estimate of drug-likeness (QED) is 0.352. The van der Waals surface area contributed by atoms with E-state index in [0.29, 0.717) is 0 Å². The first-order valence-electron chi connectivity index (χ1n) is 3.23. The normalized spacial score (nSPS) is 11.1. The van der Waals surface area contributed by atoms with Gasteiger partial charge in [-0.1, -0.05) is 0 Å². The minimum absolute atomic E-state index is 0.276. The zero-order valence-corrected chi connectivity index (χ0v) is 6.81. The van der Waals surface area contributed by atoms with Gasteiger partial charge in [0.2, 0.25) is 0 Å². The molecule has 1 aromatic carbocycles.